The Morgan fingerprint density at radius 3 is 2.48 bits per heavy atom. The van der Waals surface area contributed by atoms with E-state index < -0.39 is 53.4 Å². The first kappa shape index (κ1) is 21.5. The second kappa shape index (κ2) is 8.93. The van der Waals surface area contributed by atoms with E-state index in [1.54, 1.807) is 0 Å². The summed E-state index contributed by atoms with van der Waals surface area (Å²) in [6.07, 6.45) is -1.07. The number of halogens is 2. The van der Waals surface area contributed by atoms with Gasteiger partial charge in [0.2, 0.25) is 0 Å². The van der Waals surface area contributed by atoms with Crippen LogP contribution in [0, 0.1) is 0 Å². The van der Waals surface area contributed by atoms with Gasteiger partial charge in [-0.2, -0.15) is 0 Å². The Bertz CT molecular complexity index is 763. The van der Waals surface area contributed by atoms with Gasteiger partial charge in [0.05, 0.1) is 22.6 Å². The number of fused-ring (bicyclic) bond motifs is 1. The number of phenols is 2. The smallest absolute Gasteiger partial charge is 0.342 e. The summed E-state index contributed by atoms with van der Waals surface area (Å²) >= 11 is 12.1. The third-order valence-corrected chi connectivity index (χ3v) is 4.96. The normalized spacial score (nSPS) is 28.8. The molecule has 0 fully saturated rings. The summed E-state index contributed by atoms with van der Waals surface area (Å²) in [5.74, 6) is -2.55. The van der Waals surface area contributed by atoms with Crippen molar-refractivity contribution in [3.8, 4) is 11.5 Å². The number of alkyl halides is 1. The predicted octanol–water partition coefficient (Wildman–Crippen LogP) is 2.09. The number of hydrogen-bond donors (Lipinski definition) is 4. The molecule has 0 amide bonds. The van der Waals surface area contributed by atoms with Crippen LogP contribution in [0.3, 0.4) is 0 Å². The van der Waals surface area contributed by atoms with Crippen LogP contribution in [-0.4, -0.2) is 55.9 Å². The molecule has 1 aliphatic rings. The Labute approximate surface area is 165 Å². The summed E-state index contributed by atoms with van der Waals surface area (Å²) in [7, 11) is 0. The van der Waals surface area contributed by atoms with Gasteiger partial charge in [-0.1, -0.05) is 23.8 Å². The Morgan fingerprint density at radius 2 is 1.81 bits per heavy atom. The van der Waals surface area contributed by atoms with E-state index in [0.29, 0.717) is 0 Å². The Morgan fingerprint density at radius 1 is 1.15 bits per heavy atom. The van der Waals surface area contributed by atoms with E-state index in [1.807, 2.05) is 0 Å². The fourth-order valence-electron chi connectivity index (χ4n) is 2.77. The molecule has 0 aromatic heterocycles. The standard InChI is InChI=1S/C18H20Cl2O7/c1-8-4-13(23)12(19)3-2-9(21)5-10(22)6-11-16(18(26)27-8)14(24)7-15(25)17(11)20/h2-3,7-9,12-13,21,23-25H,4-6H2,1H3/b3-2-. The van der Waals surface area contributed by atoms with Crippen LogP contribution in [0.25, 0.3) is 0 Å². The first-order valence-electron chi connectivity index (χ1n) is 8.24. The molecule has 1 aliphatic heterocycles. The average Bonchev–Trinajstić information content (AvgIpc) is 2.56. The fourth-order valence-corrected chi connectivity index (χ4v) is 3.17. The Kier molecular flexibility index (Phi) is 7.11. The second-order valence-electron chi connectivity index (χ2n) is 6.42. The third-order valence-electron chi connectivity index (χ3n) is 4.10. The molecule has 0 spiro atoms. The zero-order chi connectivity index (χ0) is 20.3. The largest absolute Gasteiger partial charge is 0.507 e. The summed E-state index contributed by atoms with van der Waals surface area (Å²) in [4.78, 5) is 24.8. The number of hydrogen-bond acceptors (Lipinski definition) is 7. The van der Waals surface area contributed by atoms with Crippen molar-refractivity contribution in [1.82, 2.24) is 0 Å². The molecule has 0 saturated carbocycles. The number of Topliss-reactive ketones (excluding diaryl/α,β-unsaturated/α-hetero) is 1. The van der Waals surface area contributed by atoms with Crippen LogP contribution >= 0.6 is 23.2 Å². The molecule has 0 radical (unpaired) electrons. The lowest BCUT2D eigenvalue weighted by atomic mass is 9.97. The molecule has 0 saturated heterocycles. The van der Waals surface area contributed by atoms with Gasteiger partial charge in [-0.05, 0) is 6.92 Å². The van der Waals surface area contributed by atoms with Gasteiger partial charge in [0.15, 0.2) is 0 Å². The quantitative estimate of drug-likeness (QED) is 0.288. The summed E-state index contributed by atoms with van der Waals surface area (Å²) in [5.41, 5.74) is -0.447. The summed E-state index contributed by atoms with van der Waals surface area (Å²) < 4.78 is 5.23. The Hall–Kier alpha value is -1.80. The molecular weight excluding hydrogens is 399 g/mol. The highest BCUT2D eigenvalue weighted by Gasteiger charge is 2.28. The zero-order valence-corrected chi connectivity index (χ0v) is 15.9. The van der Waals surface area contributed by atoms with E-state index in [-0.39, 0.29) is 29.0 Å². The van der Waals surface area contributed by atoms with E-state index in [9.17, 15) is 30.0 Å². The maximum Gasteiger partial charge on any atom is 0.342 e. The number of benzene rings is 1. The third kappa shape index (κ3) is 5.35. The van der Waals surface area contributed by atoms with Gasteiger partial charge in [0.25, 0.3) is 0 Å². The molecule has 4 N–H and O–H groups in total. The van der Waals surface area contributed by atoms with Gasteiger partial charge < -0.3 is 25.2 Å². The second-order valence-corrected chi connectivity index (χ2v) is 7.30. The number of ether oxygens (including phenoxy) is 1. The van der Waals surface area contributed by atoms with E-state index in [0.717, 1.165) is 6.07 Å². The highest BCUT2D eigenvalue weighted by atomic mass is 35.5. The van der Waals surface area contributed by atoms with Crippen molar-refractivity contribution in [2.45, 2.75) is 49.9 Å². The topological polar surface area (TPSA) is 124 Å². The van der Waals surface area contributed by atoms with Gasteiger partial charge in [0, 0.05) is 30.9 Å². The highest BCUT2D eigenvalue weighted by Crippen LogP contribution is 2.37. The minimum atomic E-state index is -1.16. The lowest BCUT2D eigenvalue weighted by Crippen LogP contribution is -2.28. The van der Waals surface area contributed by atoms with Gasteiger partial charge in [-0.25, -0.2) is 4.79 Å². The number of esters is 1. The lowest BCUT2D eigenvalue weighted by Gasteiger charge is -2.21. The van der Waals surface area contributed by atoms with Crippen molar-refractivity contribution in [3.05, 3.63) is 34.4 Å². The number of carbonyl (C=O) groups is 2. The molecule has 4 unspecified atom stereocenters. The number of aliphatic hydroxyl groups excluding tert-OH is 2. The predicted molar refractivity (Wildman–Crippen MR) is 98.4 cm³/mol. The molecule has 27 heavy (non-hydrogen) atoms. The number of rotatable bonds is 0. The molecule has 0 aliphatic carbocycles. The maximum absolute atomic E-state index is 12.5. The maximum atomic E-state index is 12.5. The summed E-state index contributed by atoms with van der Waals surface area (Å²) in [6, 6.07) is 0.877. The number of aliphatic hydroxyl groups is 2. The van der Waals surface area contributed by atoms with Crippen LogP contribution in [0.15, 0.2) is 18.2 Å². The molecule has 1 aromatic carbocycles. The van der Waals surface area contributed by atoms with Crippen molar-refractivity contribution in [2.75, 3.05) is 0 Å². The molecule has 2 rings (SSSR count). The molecule has 1 heterocycles. The van der Waals surface area contributed by atoms with Crippen LogP contribution in [0.5, 0.6) is 11.5 Å². The van der Waals surface area contributed by atoms with Crippen LogP contribution < -0.4 is 0 Å². The number of ketones is 1. The van der Waals surface area contributed by atoms with E-state index in [2.05, 4.69) is 0 Å². The lowest BCUT2D eigenvalue weighted by molar-refractivity contribution is -0.119. The molecule has 7 nitrogen and oxygen atoms in total. The molecule has 4 atom stereocenters. The van der Waals surface area contributed by atoms with Gasteiger partial charge in [0.1, 0.15) is 28.9 Å². The van der Waals surface area contributed by atoms with Crippen LogP contribution in [-0.2, 0) is 16.0 Å². The minimum absolute atomic E-state index is 0.00117. The Balaban J connectivity index is 2.49. The minimum Gasteiger partial charge on any atom is -0.507 e. The first-order valence-corrected chi connectivity index (χ1v) is 9.06. The number of carbonyl (C=O) groups excluding carboxylic acids is 2. The van der Waals surface area contributed by atoms with Crippen LogP contribution in [0.4, 0.5) is 0 Å². The highest BCUT2D eigenvalue weighted by molar-refractivity contribution is 6.33. The number of phenolic OH excluding ortho intramolecular Hbond substituents is 2. The van der Waals surface area contributed by atoms with E-state index in [1.165, 1.54) is 19.1 Å². The van der Waals surface area contributed by atoms with Crippen LogP contribution in [0.2, 0.25) is 5.02 Å². The molecule has 9 heteroatoms. The number of aromatic hydroxyl groups is 2. The SMILES string of the molecule is CC1CC(O)C(Cl)/C=C\C(O)CC(=O)Cc2c(Cl)c(O)cc(O)c2C(=O)O1. The van der Waals surface area contributed by atoms with Gasteiger partial charge in [-0.15, -0.1) is 11.6 Å². The van der Waals surface area contributed by atoms with E-state index >= 15 is 0 Å². The fraction of sp³-hybridized carbons (Fsp3) is 0.444. The van der Waals surface area contributed by atoms with Crippen molar-refractivity contribution in [3.63, 3.8) is 0 Å². The molecular formula is C18H20Cl2O7. The van der Waals surface area contributed by atoms with Crippen molar-refractivity contribution in [2.24, 2.45) is 0 Å². The van der Waals surface area contributed by atoms with Crippen molar-refractivity contribution < 1.29 is 34.8 Å². The number of cyclic esters (lactones) is 1. The van der Waals surface area contributed by atoms with Crippen molar-refractivity contribution >= 4 is 35.0 Å². The summed E-state index contributed by atoms with van der Waals surface area (Å²) in [5, 5.41) is 38.8. The zero-order valence-electron chi connectivity index (χ0n) is 14.4. The molecule has 1 aromatic rings. The first-order chi connectivity index (χ1) is 12.6. The van der Waals surface area contributed by atoms with Gasteiger partial charge >= 0.3 is 5.97 Å². The average molecular weight is 419 g/mol. The summed E-state index contributed by atoms with van der Waals surface area (Å²) in [6.45, 7) is 1.53. The molecule has 148 valence electrons. The van der Waals surface area contributed by atoms with E-state index in [4.69, 9.17) is 27.9 Å². The van der Waals surface area contributed by atoms with Gasteiger partial charge in [-0.3, -0.25) is 4.79 Å². The molecule has 0 bridgehead atoms. The monoisotopic (exact) mass is 418 g/mol. The van der Waals surface area contributed by atoms with Crippen molar-refractivity contribution in [1.29, 1.82) is 0 Å². The van der Waals surface area contributed by atoms with Crippen LogP contribution in [0.1, 0.15) is 35.7 Å².